The first-order valence-corrected chi connectivity index (χ1v) is 4.07. The summed E-state index contributed by atoms with van der Waals surface area (Å²) in [6, 6.07) is 0. The molecule has 0 aromatic heterocycles. The third-order valence-electron chi connectivity index (χ3n) is 1.78. The van der Waals surface area contributed by atoms with Gasteiger partial charge >= 0.3 is 0 Å². The van der Waals surface area contributed by atoms with Crippen LogP contribution in [0.25, 0.3) is 0 Å². The second-order valence-electron chi connectivity index (χ2n) is 2.39. The second-order valence-corrected chi connectivity index (χ2v) is 2.66. The van der Waals surface area contributed by atoms with Crippen LogP contribution in [0.3, 0.4) is 0 Å². The lowest BCUT2D eigenvalue weighted by Crippen LogP contribution is -2.21. The van der Waals surface area contributed by atoms with Crippen molar-refractivity contribution in [3.63, 3.8) is 0 Å². The van der Waals surface area contributed by atoms with Gasteiger partial charge in [-0.3, -0.25) is 0 Å². The summed E-state index contributed by atoms with van der Waals surface area (Å²) in [5.41, 5.74) is 2.17. The minimum absolute atomic E-state index is 0.520. The summed E-state index contributed by atoms with van der Waals surface area (Å²) in [6.07, 6.45) is 2.01. The van der Waals surface area contributed by atoms with Crippen LogP contribution in [0, 0.1) is 0 Å². The largest absolute Gasteiger partial charge is 0.497 e. The maximum atomic E-state index is 5.69. The van der Waals surface area contributed by atoms with Crippen LogP contribution < -0.4 is 5.32 Å². The highest BCUT2D eigenvalue weighted by atomic mass is 35.5. The normalized spacial score (nSPS) is 17.5. The number of dihydropyridines is 1. The van der Waals surface area contributed by atoms with E-state index in [0.717, 1.165) is 23.6 Å². The van der Waals surface area contributed by atoms with E-state index in [-0.39, 0.29) is 0 Å². The Morgan fingerprint density at radius 1 is 1.73 bits per heavy atom. The molecule has 1 aliphatic heterocycles. The first-order valence-electron chi connectivity index (χ1n) is 3.53. The highest BCUT2D eigenvalue weighted by Crippen LogP contribution is 2.17. The van der Waals surface area contributed by atoms with Gasteiger partial charge in [-0.25, -0.2) is 0 Å². The summed E-state index contributed by atoms with van der Waals surface area (Å²) in [5, 5.41) is 3.17. The van der Waals surface area contributed by atoms with Crippen LogP contribution in [0.2, 0.25) is 0 Å². The standard InChI is InChI=1S/C8H12ClNO/c1-6-7(5-9)10-4-3-8(6)11-2/h3,10H,4-5H2,1-2H3. The lowest BCUT2D eigenvalue weighted by molar-refractivity contribution is 0.296. The third-order valence-corrected chi connectivity index (χ3v) is 2.05. The average molecular weight is 174 g/mol. The summed E-state index contributed by atoms with van der Waals surface area (Å²) in [6.45, 7) is 2.81. The molecule has 0 amide bonds. The lowest BCUT2D eigenvalue weighted by Gasteiger charge is -2.18. The van der Waals surface area contributed by atoms with Crippen LogP contribution in [-0.4, -0.2) is 19.5 Å². The zero-order valence-electron chi connectivity index (χ0n) is 6.78. The maximum Gasteiger partial charge on any atom is 0.121 e. The molecule has 62 valence electrons. The molecule has 0 saturated heterocycles. The van der Waals surface area contributed by atoms with Crippen LogP contribution in [0.15, 0.2) is 23.1 Å². The fourth-order valence-corrected chi connectivity index (χ4v) is 1.38. The van der Waals surface area contributed by atoms with Gasteiger partial charge in [-0.15, -0.1) is 11.6 Å². The zero-order valence-corrected chi connectivity index (χ0v) is 7.53. The number of methoxy groups -OCH3 is 1. The molecule has 1 heterocycles. The molecule has 0 spiro atoms. The van der Waals surface area contributed by atoms with Gasteiger partial charge in [0.15, 0.2) is 0 Å². The molecule has 0 aromatic carbocycles. The monoisotopic (exact) mass is 173 g/mol. The Morgan fingerprint density at radius 3 is 3.00 bits per heavy atom. The van der Waals surface area contributed by atoms with Gasteiger partial charge in [-0.05, 0) is 13.0 Å². The summed E-state index contributed by atoms with van der Waals surface area (Å²) in [4.78, 5) is 0. The quantitative estimate of drug-likeness (QED) is 0.641. The molecule has 1 N–H and O–H groups in total. The molecule has 0 fully saturated rings. The fourth-order valence-electron chi connectivity index (χ4n) is 1.09. The zero-order chi connectivity index (χ0) is 8.27. The Bertz CT molecular complexity index is 208. The second kappa shape index (κ2) is 3.67. The van der Waals surface area contributed by atoms with E-state index in [9.17, 15) is 0 Å². The smallest absolute Gasteiger partial charge is 0.121 e. The lowest BCUT2D eigenvalue weighted by atomic mass is 10.1. The van der Waals surface area contributed by atoms with Crippen LogP contribution in [0.1, 0.15) is 6.92 Å². The van der Waals surface area contributed by atoms with Gasteiger partial charge in [-0.1, -0.05) is 0 Å². The van der Waals surface area contributed by atoms with Crippen molar-refractivity contribution in [3.05, 3.63) is 23.1 Å². The Balaban J connectivity index is 2.83. The van der Waals surface area contributed by atoms with Crippen molar-refractivity contribution in [3.8, 4) is 0 Å². The first-order chi connectivity index (χ1) is 5.29. The van der Waals surface area contributed by atoms with E-state index in [1.807, 2.05) is 13.0 Å². The van der Waals surface area contributed by atoms with Gasteiger partial charge in [-0.2, -0.15) is 0 Å². The third kappa shape index (κ3) is 1.69. The van der Waals surface area contributed by atoms with Crippen molar-refractivity contribution in [2.75, 3.05) is 19.5 Å². The van der Waals surface area contributed by atoms with E-state index in [4.69, 9.17) is 16.3 Å². The molecule has 2 nitrogen and oxygen atoms in total. The average Bonchev–Trinajstić information content (AvgIpc) is 2.05. The van der Waals surface area contributed by atoms with Crippen molar-refractivity contribution >= 4 is 11.6 Å². The molecule has 0 atom stereocenters. The Hall–Kier alpha value is -0.630. The molecule has 0 bridgehead atoms. The summed E-state index contributed by atoms with van der Waals surface area (Å²) in [7, 11) is 1.67. The highest BCUT2D eigenvalue weighted by Gasteiger charge is 2.10. The minimum Gasteiger partial charge on any atom is -0.497 e. The van der Waals surface area contributed by atoms with Gasteiger partial charge in [0.1, 0.15) is 5.76 Å². The number of halogens is 1. The molecule has 0 saturated carbocycles. The Morgan fingerprint density at radius 2 is 2.45 bits per heavy atom. The number of hydrogen-bond donors (Lipinski definition) is 1. The molecule has 0 unspecified atom stereocenters. The fraction of sp³-hybridized carbons (Fsp3) is 0.500. The molecule has 3 heteroatoms. The van der Waals surface area contributed by atoms with E-state index in [0.29, 0.717) is 5.88 Å². The van der Waals surface area contributed by atoms with Gasteiger partial charge in [0.05, 0.1) is 13.0 Å². The van der Waals surface area contributed by atoms with Crippen molar-refractivity contribution < 1.29 is 4.74 Å². The van der Waals surface area contributed by atoms with E-state index >= 15 is 0 Å². The van der Waals surface area contributed by atoms with E-state index < -0.39 is 0 Å². The number of rotatable bonds is 2. The number of allylic oxidation sites excluding steroid dienone is 2. The molecule has 0 aromatic rings. The molecular formula is C8H12ClNO. The predicted octanol–water partition coefficient (Wildman–Crippen LogP) is 1.63. The minimum atomic E-state index is 0.520. The van der Waals surface area contributed by atoms with Gasteiger partial charge < -0.3 is 10.1 Å². The van der Waals surface area contributed by atoms with Gasteiger partial charge in [0.25, 0.3) is 0 Å². The van der Waals surface area contributed by atoms with Gasteiger partial charge in [0, 0.05) is 17.8 Å². The van der Waals surface area contributed by atoms with Crippen LogP contribution in [-0.2, 0) is 4.74 Å². The summed E-state index contributed by atoms with van der Waals surface area (Å²) >= 11 is 5.69. The molecule has 0 aliphatic carbocycles. The molecular weight excluding hydrogens is 162 g/mol. The molecule has 11 heavy (non-hydrogen) atoms. The van der Waals surface area contributed by atoms with E-state index in [2.05, 4.69) is 5.32 Å². The van der Waals surface area contributed by atoms with Crippen LogP contribution in [0.5, 0.6) is 0 Å². The number of nitrogens with one attached hydrogen (secondary N) is 1. The highest BCUT2D eigenvalue weighted by molar-refractivity contribution is 6.19. The van der Waals surface area contributed by atoms with Crippen molar-refractivity contribution in [2.24, 2.45) is 0 Å². The van der Waals surface area contributed by atoms with Crippen molar-refractivity contribution in [1.29, 1.82) is 0 Å². The summed E-state index contributed by atoms with van der Waals surface area (Å²) < 4.78 is 5.14. The SMILES string of the molecule is COC1=CCNC(CCl)=C1C. The van der Waals surface area contributed by atoms with E-state index in [1.165, 1.54) is 0 Å². The number of ether oxygens (including phenoxy) is 1. The van der Waals surface area contributed by atoms with Crippen LogP contribution >= 0.6 is 11.6 Å². The Labute approximate surface area is 71.9 Å². The maximum absolute atomic E-state index is 5.69. The van der Waals surface area contributed by atoms with Gasteiger partial charge in [0.2, 0.25) is 0 Å². The molecule has 0 radical (unpaired) electrons. The molecule has 1 rings (SSSR count). The predicted molar refractivity (Wildman–Crippen MR) is 46.5 cm³/mol. The topological polar surface area (TPSA) is 21.3 Å². The Kier molecular flexibility index (Phi) is 2.83. The van der Waals surface area contributed by atoms with Crippen LogP contribution in [0.4, 0.5) is 0 Å². The number of alkyl halides is 1. The summed E-state index contributed by atoms with van der Waals surface area (Å²) in [5.74, 6) is 1.45. The number of hydrogen-bond acceptors (Lipinski definition) is 2. The van der Waals surface area contributed by atoms with Crippen molar-refractivity contribution in [2.45, 2.75) is 6.92 Å². The van der Waals surface area contributed by atoms with E-state index in [1.54, 1.807) is 7.11 Å². The molecule has 1 aliphatic rings. The first kappa shape index (κ1) is 8.47. The van der Waals surface area contributed by atoms with Crippen molar-refractivity contribution in [1.82, 2.24) is 5.32 Å².